The number of aliphatic hydroxyl groups is 1. The molecule has 1 aromatic heterocycles. The molecule has 0 aromatic carbocycles. The van der Waals surface area contributed by atoms with Gasteiger partial charge in [-0.3, -0.25) is 0 Å². The zero-order valence-electron chi connectivity index (χ0n) is 9.07. The molecular weight excluding hydrogens is 178 g/mol. The molecule has 0 radical (unpaired) electrons. The number of aliphatic hydroxyl groups excluding tert-OH is 1. The minimum Gasteiger partial charge on any atom is -0.394 e. The van der Waals surface area contributed by atoms with Crippen molar-refractivity contribution in [1.82, 2.24) is 14.9 Å². The average molecular weight is 197 g/mol. The molecule has 0 aliphatic carbocycles. The normalized spacial score (nSPS) is 13.5. The summed E-state index contributed by atoms with van der Waals surface area (Å²) < 4.78 is 1.92. The molecule has 0 saturated heterocycles. The Hall–Kier alpha value is -0.870. The molecule has 80 valence electrons. The molecule has 1 atom stereocenters. The van der Waals surface area contributed by atoms with Gasteiger partial charge in [0.2, 0.25) is 0 Å². The molecule has 1 rings (SSSR count). The van der Waals surface area contributed by atoms with Crippen molar-refractivity contribution in [3.63, 3.8) is 0 Å². The van der Waals surface area contributed by atoms with E-state index >= 15 is 0 Å². The molecule has 0 amide bonds. The Morgan fingerprint density at radius 1 is 1.57 bits per heavy atom. The van der Waals surface area contributed by atoms with Gasteiger partial charge in [-0.2, -0.15) is 0 Å². The first-order valence-electron chi connectivity index (χ1n) is 4.95. The molecule has 0 saturated carbocycles. The molecular formula is C10H19N3O. The average Bonchev–Trinajstić information content (AvgIpc) is 2.53. The standard InChI is InChI=1S/C10H19N3O/c1-8(2)4-12-9(6-14)10-5-11-7-13(10)3/h5,7-9,12,14H,4,6H2,1-3H3. The third-order valence-corrected chi connectivity index (χ3v) is 2.17. The van der Waals surface area contributed by atoms with Gasteiger partial charge in [0, 0.05) is 13.2 Å². The third kappa shape index (κ3) is 2.82. The SMILES string of the molecule is CC(C)CNC(CO)c1cncn1C. The summed E-state index contributed by atoms with van der Waals surface area (Å²) in [5.74, 6) is 0.581. The quantitative estimate of drug-likeness (QED) is 0.730. The number of aromatic nitrogens is 2. The number of imidazole rings is 1. The maximum Gasteiger partial charge on any atom is 0.0946 e. The highest BCUT2D eigenvalue weighted by Gasteiger charge is 2.13. The fourth-order valence-corrected chi connectivity index (χ4v) is 1.34. The topological polar surface area (TPSA) is 50.1 Å². The molecule has 4 nitrogen and oxygen atoms in total. The predicted octanol–water partition coefficient (Wildman–Crippen LogP) is 0.699. The molecule has 1 unspecified atom stereocenters. The van der Waals surface area contributed by atoms with Gasteiger partial charge in [-0.25, -0.2) is 4.98 Å². The molecule has 14 heavy (non-hydrogen) atoms. The zero-order chi connectivity index (χ0) is 10.6. The summed E-state index contributed by atoms with van der Waals surface area (Å²) in [6, 6.07) is -0.00935. The van der Waals surface area contributed by atoms with Crippen LogP contribution in [-0.4, -0.2) is 27.8 Å². The summed E-state index contributed by atoms with van der Waals surface area (Å²) in [5, 5.41) is 12.5. The second-order valence-electron chi connectivity index (χ2n) is 3.97. The van der Waals surface area contributed by atoms with Crippen molar-refractivity contribution in [3.8, 4) is 0 Å². The van der Waals surface area contributed by atoms with E-state index in [4.69, 9.17) is 0 Å². The second-order valence-corrected chi connectivity index (χ2v) is 3.97. The first-order chi connectivity index (χ1) is 6.65. The van der Waals surface area contributed by atoms with Crippen LogP contribution in [0.2, 0.25) is 0 Å². The highest BCUT2D eigenvalue weighted by atomic mass is 16.3. The van der Waals surface area contributed by atoms with E-state index in [-0.39, 0.29) is 12.6 Å². The molecule has 0 fully saturated rings. The molecule has 4 heteroatoms. The molecule has 0 aliphatic rings. The van der Waals surface area contributed by atoms with E-state index in [1.54, 1.807) is 12.5 Å². The van der Waals surface area contributed by atoms with Crippen LogP contribution in [0.5, 0.6) is 0 Å². The number of aryl methyl sites for hydroxylation is 1. The Morgan fingerprint density at radius 2 is 2.29 bits per heavy atom. The van der Waals surface area contributed by atoms with Gasteiger partial charge in [0.25, 0.3) is 0 Å². The van der Waals surface area contributed by atoms with Gasteiger partial charge in [-0.05, 0) is 12.5 Å². The minimum absolute atomic E-state index is 0.00935. The molecule has 1 heterocycles. The minimum atomic E-state index is -0.00935. The van der Waals surface area contributed by atoms with Gasteiger partial charge in [0.15, 0.2) is 0 Å². The van der Waals surface area contributed by atoms with E-state index in [2.05, 4.69) is 24.1 Å². The number of nitrogens with zero attached hydrogens (tertiary/aromatic N) is 2. The monoisotopic (exact) mass is 197 g/mol. The van der Waals surface area contributed by atoms with Gasteiger partial charge in [-0.15, -0.1) is 0 Å². The van der Waals surface area contributed by atoms with Crippen molar-refractivity contribution in [3.05, 3.63) is 18.2 Å². The van der Waals surface area contributed by atoms with Crippen LogP contribution in [0.25, 0.3) is 0 Å². The Balaban J connectivity index is 2.58. The van der Waals surface area contributed by atoms with Crippen LogP contribution < -0.4 is 5.32 Å². The van der Waals surface area contributed by atoms with E-state index < -0.39 is 0 Å². The van der Waals surface area contributed by atoms with Gasteiger partial charge in [0.1, 0.15) is 0 Å². The Morgan fingerprint density at radius 3 is 2.71 bits per heavy atom. The van der Waals surface area contributed by atoms with Crippen molar-refractivity contribution in [2.24, 2.45) is 13.0 Å². The summed E-state index contributed by atoms with van der Waals surface area (Å²) in [7, 11) is 1.93. The number of rotatable bonds is 5. The van der Waals surface area contributed by atoms with Gasteiger partial charge in [-0.1, -0.05) is 13.8 Å². The first kappa shape index (κ1) is 11.2. The number of hydrogen-bond donors (Lipinski definition) is 2. The lowest BCUT2D eigenvalue weighted by Gasteiger charge is -2.17. The molecule has 2 N–H and O–H groups in total. The summed E-state index contributed by atoms with van der Waals surface area (Å²) in [5.41, 5.74) is 1.02. The van der Waals surface area contributed by atoms with Crippen molar-refractivity contribution in [2.75, 3.05) is 13.2 Å². The van der Waals surface area contributed by atoms with E-state index in [0.29, 0.717) is 5.92 Å². The van der Waals surface area contributed by atoms with Crippen molar-refractivity contribution in [2.45, 2.75) is 19.9 Å². The molecule has 1 aromatic rings. The van der Waals surface area contributed by atoms with E-state index in [9.17, 15) is 5.11 Å². The third-order valence-electron chi connectivity index (χ3n) is 2.17. The lowest BCUT2D eigenvalue weighted by Crippen LogP contribution is -2.29. The Bertz CT molecular complexity index is 270. The fourth-order valence-electron chi connectivity index (χ4n) is 1.34. The summed E-state index contributed by atoms with van der Waals surface area (Å²) in [4.78, 5) is 4.03. The summed E-state index contributed by atoms with van der Waals surface area (Å²) in [6.07, 6.45) is 3.53. The summed E-state index contributed by atoms with van der Waals surface area (Å²) >= 11 is 0. The predicted molar refractivity (Wildman–Crippen MR) is 55.9 cm³/mol. The van der Waals surface area contributed by atoms with Crippen LogP contribution in [0, 0.1) is 5.92 Å². The number of hydrogen-bond acceptors (Lipinski definition) is 3. The molecule has 0 bridgehead atoms. The van der Waals surface area contributed by atoms with Crippen LogP contribution >= 0.6 is 0 Å². The smallest absolute Gasteiger partial charge is 0.0946 e. The van der Waals surface area contributed by atoms with Crippen LogP contribution in [0.1, 0.15) is 25.6 Å². The van der Waals surface area contributed by atoms with E-state index in [1.807, 2.05) is 11.6 Å². The maximum atomic E-state index is 9.23. The largest absolute Gasteiger partial charge is 0.394 e. The summed E-state index contributed by atoms with van der Waals surface area (Å²) in [6.45, 7) is 5.29. The van der Waals surface area contributed by atoms with Crippen LogP contribution in [-0.2, 0) is 7.05 Å². The fraction of sp³-hybridized carbons (Fsp3) is 0.700. The molecule has 0 aliphatic heterocycles. The Labute approximate surface area is 85.0 Å². The maximum absolute atomic E-state index is 9.23. The number of nitrogens with one attached hydrogen (secondary N) is 1. The Kier molecular flexibility index (Phi) is 4.10. The van der Waals surface area contributed by atoms with Crippen molar-refractivity contribution < 1.29 is 5.11 Å². The van der Waals surface area contributed by atoms with Crippen molar-refractivity contribution >= 4 is 0 Å². The van der Waals surface area contributed by atoms with Crippen LogP contribution in [0.4, 0.5) is 0 Å². The highest BCUT2D eigenvalue weighted by Crippen LogP contribution is 2.10. The first-order valence-corrected chi connectivity index (χ1v) is 4.95. The van der Waals surface area contributed by atoms with Gasteiger partial charge >= 0.3 is 0 Å². The van der Waals surface area contributed by atoms with E-state index in [1.165, 1.54) is 0 Å². The zero-order valence-corrected chi connectivity index (χ0v) is 9.07. The lowest BCUT2D eigenvalue weighted by molar-refractivity contribution is 0.236. The van der Waals surface area contributed by atoms with Crippen LogP contribution in [0.3, 0.4) is 0 Å². The lowest BCUT2D eigenvalue weighted by atomic mass is 10.2. The van der Waals surface area contributed by atoms with Gasteiger partial charge < -0.3 is 15.0 Å². The highest BCUT2D eigenvalue weighted by molar-refractivity contribution is 5.04. The van der Waals surface area contributed by atoms with E-state index in [0.717, 1.165) is 12.2 Å². The van der Waals surface area contributed by atoms with Crippen LogP contribution in [0.15, 0.2) is 12.5 Å². The molecule has 0 spiro atoms. The van der Waals surface area contributed by atoms with Crippen molar-refractivity contribution in [1.29, 1.82) is 0 Å². The second kappa shape index (κ2) is 5.12. The van der Waals surface area contributed by atoms with Gasteiger partial charge in [0.05, 0.1) is 24.7 Å².